The van der Waals surface area contributed by atoms with E-state index in [2.05, 4.69) is 5.32 Å². The van der Waals surface area contributed by atoms with Crippen molar-refractivity contribution in [1.82, 2.24) is 4.90 Å². The molecule has 1 aliphatic heterocycles. The summed E-state index contributed by atoms with van der Waals surface area (Å²) in [7, 11) is 0. The summed E-state index contributed by atoms with van der Waals surface area (Å²) < 4.78 is 5.57. The number of nitrogens with zero attached hydrogens (tertiary/aromatic N) is 1. The average Bonchev–Trinajstić information content (AvgIpc) is 2.89. The van der Waals surface area contributed by atoms with Gasteiger partial charge in [0.05, 0.1) is 24.8 Å². The highest BCUT2D eigenvalue weighted by molar-refractivity contribution is 6.37. The van der Waals surface area contributed by atoms with Gasteiger partial charge in [-0.3, -0.25) is 14.5 Å². The first-order valence-electron chi connectivity index (χ1n) is 10.0. The van der Waals surface area contributed by atoms with Crippen LogP contribution in [0.4, 0.5) is 5.69 Å². The quantitative estimate of drug-likeness (QED) is 0.641. The molecule has 0 fully saturated rings. The number of halogens is 1. The van der Waals surface area contributed by atoms with E-state index in [0.29, 0.717) is 22.9 Å². The lowest BCUT2D eigenvalue weighted by Gasteiger charge is -2.17. The molecule has 0 bridgehead atoms. The summed E-state index contributed by atoms with van der Waals surface area (Å²) in [5.74, 6) is -0.678. The Balaban J connectivity index is 2.05. The van der Waals surface area contributed by atoms with Crippen LogP contribution in [0.25, 0.3) is 5.57 Å². The Bertz CT molecular complexity index is 1030. The van der Waals surface area contributed by atoms with Crippen molar-refractivity contribution in [3.63, 3.8) is 0 Å². The van der Waals surface area contributed by atoms with Gasteiger partial charge in [-0.05, 0) is 63.4 Å². The number of amides is 2. The van der Waals surface area contributed by atoms with Crippen molar-refractivity contribution >= 4 is 34.7 Å². The number of nitrogens with one attached hydrogen (secondary N) is 1. The van der Waals surface area contributed by atoms with Crippen molar-refractivity contribution < 1.29 is 14.3 Å². The summed E-state index contributed by atoms with van der Waals surface area (Å²) in [6, 6.07) is 11.3. The van der Waals surface area contributed by atoms with Gasteiger partial charge in [-0.25, -0.2) is 0 Å². The fraction of sp³-hybridized carbons (Fsp3) is 0.333. The summed E-state index contributed by atoms with van der Waals surface area (Å²) >= 11 is 6.16. The van der Waals surface area contributed by atoms with Crippen LogP contribution in [0.1, 0.15) is 36.1 Å². The third-order valence-electron chi connectivity index (χ3n) is 5.04. The minimum atomic E-state index is -0.360. The van der Waals surface area contributed by atoms with E-state index in [9.17, 15) is 9.59 Å². The molecule has 2 aromatic rings. The normalized spacial score (nSPS) is 14.3. The van der Waals surface area contributed by atoms with Crippen molar-refractivity contribution in [3.05, 3.63) is 69.4 Å². The van der Waals surface area contributed by atoms with Crippen LogP contribution in [-0.2, 0) is 14.3 Å². The Morgan fingerprint density at radius 3 is 2.40 bits per heavy atom. The average molecular weight is 427 g/mol. The number of hydrogen-bond donors (Lipinski definition) is 1. The predicted molar refractivity (Wildman–Crippen MR) is 120 cm³/mol. The molecule has 1 N–H and O–H groups in total. The molecule has 0 radical (unpaired) electrons. The standard InChI is InChI=1S/C24H27ClN2O3/c1-14(2)30-11-10-27-23(28)21(19-9-6-15(3)12-17(19)5)22(24(27)29)26-20-13-18(25)8-7-16(20)4/h6-9,12-14,26H,10-11H2,1-5H3. The molecule has 2 aromatic carbocycles. The highest BCUT2D eigenvalue weighted by Gasteiger charge is 2.39. The minimum Gasteiger partial charge on any atom is -0.377 e. The van der Waals surface area contributed by atoms with Gasteiger partial charge >= 0.3 is 0 Å². The number of benzene rings is 2. The van der Waals surface area contributed by atoms with Crippen LogP contribution in [0.15, 0.2) is 42.1 Å². The fourth-order valence-electron chi connectivity index (χ4n) is 3.48. The minimum absolute atomic E-state index is 0.0243. The fourth-order valence-corrected chi connectivity index (χ4v) is 3.65. The van der Waals surface area contributed by atoms with Crippen LogP contribution in [0.5, 0.6) is 0 Å². The Hall–Kier alpha value is -2.63. The molecule has 1 heterocycles. The van der Waals surface area contributed by atoms with Gasteiger partial charge < -0.3 is 10.1 Å². The molecule has 158 valence electrons. The van der Waals surface area contributed by atoms with Crippen molar-refractivity contribution in [3.8, 4) is 0 Å². The summed E-state index contributed by atoms with van der Waals surface area (Å²) in [5, 5.41) is 3.74. The molecule has 2 amide bonds. The van der Waals surface area contributed by atoms with Crippen LogP contribution < -0.4 is 5.32 Å². The van der Waals surface area contributed by atoms with Crippen LogP contribution in [0.3, 0.4) is 0 Å². The number of rotatable bonds is 7. The van der Waals surface area contributed by atoms with E-state index in [1.54, 1.807) is 12.1 Å². The highest BCUT2D eigenvalue weighted by Crippen LogP contribution is 2.33. The van der Waals surface area contributed by atoms with E-state index in [-0.39, 0.29) is 30.2 Å². The Kier molecular flexibility index (Phi) is 6.64. The second kappa shape index (κ2) is 9.02. The van der Waals surface area contributed by atoms with Crippen LogP contribution in [0.2, 0.25) is 5.02 Å². The monoisotopic (exact) mass is 426 g/mol. The summed E-state index contributed by atoms with van der Waals surface area (Å²) in [6.45, 7) is 10.2. The zero-order chi connectivity index (χ0) is 22.0. The van der Waals surface area contributed by atoms with Gasteiger partial charge in [-0.15, -0.1) is 0 Å². The largest absolute Gasteiger partial charge is 0.377 e. The third kappa shape index (κ3) is 4.58. The van der Waals surface area contributed by atoms with Gasteiger partial charge in [0.1, 0.15) is 5.70 Å². The molecule has 6 heteroatoms. The second-order valence-electron chi connectivity index (χ2n) is 7.83. The third-order valence-corrected chi connectivity index (χ3v) is 5.28. The maximum atomic E-state index is 13.3. The van der Waals surface area contributed by atoms with E-state index >= 15 is 0 Å². The molecule has 0 spiro atoms. The molecule has 5 nitrogen and oxygen atoms in total. The Morgan fingerprint density at radius 2 is 1.73 bits per heavy atom. The van der Waals surface area contributed by atoms with E-state index < -0.39 is 0 Å². The van der Waals surface area contributed by atoms with E-state index in [1.165, 1.54) is 4.90 Å². The van der Waals surface area contributed by atoms with Gasteiger partial charge in [0.15, 0.2) is 0 Å². The molecule has 1 aliphatic rings. The zero-order valence-electron chi connectivity index (χ0n) is 18.0. The topological polar surface area (TPSA) is 58.6 Å². The Labute approximate surface area is 182 Å². The summed E-state index contributed by atoms with van der Waals surface area (Å²) in [4.78, 5) is 27.8. The number of aryl methyl sites for hydroxylation is 3. The first-order chi connectivity index (χ1) is 14.2. The zero-order valence-corrected chi connectivity index (χ0v) is 18.8. The van der Waals surface area contributed by atoms with Gasteiger partial charge in [-0.2, -0.15) is 0 Å². The summed E-state index contributed by atoms with van der Waals surface area (Å²) in [6.07, 6.45) is 0.0243. The molecule has 0 saturated heterocycles. The lowest BCUT2D eigenvalue weighted by Crippen LogP contribution is -2.35. The number of imide groups is 1. The highest BCUT2D eigenvalue weighted by atomic mass is 35.5. The molecule has 0 unspecified atom stereocenters. The maximum Gasteiger partial charge on any atom is 0.278 e. The molecule has 0 aromatic heterocycles. The van der Waals surface area contributed by atoms with Crippen LogP contribution >= 0.6 is 11.6 Å². The van der Waals surface area contributed by atoms with Gasteiger partial charge in [-0.1, -0.05) is 41.4 Å². The Morgan fingerprint density at radius 1 is 1.00 bits per heavy atom. The molecule has 0 atom stereocenters. The lowest BCUT2D eigenvalue weighted by molar-refractivity contribution is -0.137. The van der Waals surface area contributed by atoms with Gasteiger partial charge in [0.25, 0.3) is 11.8 Å². The van der Waals surface area contributed by atoms with Crippen LogP contribution in [-0.4, -0.2) is 36.0 Å². The number of hydrogen-bond acceptors (Lipinski definition) is 4. The SMILES string of the molecule is Cc1ccc(C2=C(Nc3cc(Cl)ccc3C)C(=O)N(CCOC(C)C)C2=O)c(C)c1. The first-order valence-corrected chi connectivity index (χ1v) is 10.4. The predicted octanol–water partition coefficient (Wildman–Crippen LogP) is 4.88. The second-order valence-corrected chi connectivity index (χ2v) is 8.27. The lowest BCUT2D eigenvalue weighted by atomic mass is 9.97. The smallest absolute Gasteiger partial charge is 0.278 e. The van der Waals surface area contributed by atoms with Crippen molar-refractivity contribution in [1.29, 1.82) is 0 Å². The van der Waals surface area contributed by atoms with Crippen molar-refractivity contribution in [2.75, 3.05) is 18.5 Å². The number of carbonyl (C=O) groups is 2. The molecule has 3 rings (SSSR count). The van der Waals surface area contributed by atoms with Gasteiger partial charge in [0, 0.05) is 10.7 Å². The van der Waals surface area contributed by atoms with Gasteiger partial charge in [0.2, 0.25) is 0 Å². The molecule has 0 saturated carbocycles. The molecule has 30 heavy (non-hydrogen) atoms. The van der Waals surface area contributed by atoms with Crippen molar-refractivity contribution in [2.24, 2.45) is 0 Å². The van der Waals surface area contributed by atoms with E-state index in [4.69, 9.17) is 16.3 Å². The molecule has 0 aliphatic carbocycles. The maximum absolute atomic E-state index is 13.3. The van der Waals surface area contributed by atoms with E-state index in [1.807, 2.05) is 58.9 Å². The summed E-state index contributed by atoms with van der Waals surface area (Å²) in [5.41, 5.74) is 5.04. The number of carbonyl (C=O) groups excluding carboxylic acids is 2. The van der Waals surface area contributed by atoms with Crippen molar-refractivity contribution in [2.45, 2.75) is 40.7 Å². The number of ether oxygens (including phenoxy) is 1. The van der Waals surface area contributed by atoms with Crippen LogP contribution in [0, 0.1) is 20.8 Å². The molecular formula is C24H27ClN2O3. The molecular weight excluding hydrogens is 400 g/mol. The first kappa shape index (κ1) is 22.1. The van der Waals surface area contributed by atoms with E-state index in [0.717, 1.165) is 22.3 Å². The number of anilines is 1.